The number of para-hydroxylation sites is 1. The van der Waals surface area contributed by atoms with E-state index in [1.165, 1.54) is 24.4 Å². The standard InChI is InChI=1S/C28H33N4O13P/c1-27(38)21(33)19(44-24(27)32-14-13-20(29)30-26(32)37)16-43-46(39,40)45-25(36)28(41-2,31-18-11-7-4-8-12-18)22(23(34)35)42-15-17-9-5-3-6-10-17/h3-14,19,21-22,24,31,33,38H,15-16H2,1-2H3,(H,34,35)(H,39,40)(H2,29,30,37)/t19-,21-,22?,24-,27-,28-/m1/s1. The Labute approximate surface area is 261 Å². The molecule has 248 valence electrons. The molecule has 17 nitrogen and oxygen atoms in total. The number of benzene rings is 2. The number of hydrogen-bond donors (Lipinski definition) is 6. The summed E-state index contributed by atoms with van der Waals surface area (Å²) in [5, 5.41) is 34.3. The van der Waals surface area contributed by atoms with Crippen LogP contribution in [0.15, 0.2) is 77.7 Å². The molecule has 46 heavy (non-hydrogen) atoms. The molecule has 2 heterocycles. The van der Waals surface area contributed by atoms with Gasteiger partial charge in [0.15, 0.2) is 6.23 Å². The van der Waals surface area contributed by atoms with Gasteiger partial charge in [-0.1, -0.05) is 48.5 Å². The van der Waals surface area contributed by atoms with Crippen LogP contribution in [0.2, 0.25) is 0 Å². The van der Waals surface area contributed by atoms with Crippen molar-refractivity contribution in [2.24, 2.45) is 0 Å². The van der Waals surface area contributed by atoms with Crippen molar-refractivity contribution in [1.29, 1.82) is 0 Å². The molecule has 0 amide bonds. The van der Waals surface area contributed by atoms with Crippen molar-refractivity contribution in [3.8, 4) is 0 Å². The summed E-state index contributed by atoms with van der Waals surface area (Å²) in [5.41, 5.74) is 0.420. The smallest absolute Gasteiger partial charge is 0.479 e. The lowest BCUT2D eigenvalue weighted by atomic mass is 9.96. The van der Waals surface area contributed by atoms with Crippen molar-refractivity contribution >= 4 is 31.3 Å². The van der Waals surface area contributed by atoms with Crippen molar-refractivity contribution < 1.29 is 57.6 Å². The van der Waals surface area contributed by atoms with Crippen LogP contribution in [0, 0.1) is 0 Å². The van der Waals surface area contributed by atoms with Gasteiger partial charge < -0.3 is 45.1 Å². The average Bonchev–Trinajstić information content (AvgIpc) is 3.23. The number of nitrogens with one attached hydrogen (secondary N) is 1. The number of aromatic nitrogens is 2. The van der Waals surface area contributed by atoms with Crippen LogP contribution >= 0.6 is 7.82 Å². The van der Waals surface area contributed by atoms with Crippen LogP contribution in [0.25, 0.3) is 0 Å². The molecule has 0 saturated carbocycles. The Kier molecular flexibility index (Phi) is 10.6. The number of nitrogens with two attached hydrogens (primary N) is 1. The number of ether oxygens (including phenoxy) is 3. The second-order valence-corrected chi connectivity index (χ2v) is 11.7. The van der Waals surface area contributed by atoms with Crippen molar-refractivity contribution in [2.75, 3.05) is 24.8 Å². The molecule has 1 fully saturated rings. The average molecular weight is 665 g/mol. The zero-order chi connectivity index (χ0) is 33.7. The fourth-order valence-corrected chi connectivity index (χ4v) is 5.40. The van der Waals surface area contributed by atoms with E-state index in [0.717, 1.165) is 18.6 Å². The molecule has 3 aromatic rings. The van der Waals surface area contributed by atoms with Crippen LogP contribution in [0.3, 0.4) is 0 Å². The van der Waals surface area contributed by atoms with E-state index in [1.54, 1.807) is 48.5 Å². The Morgan fingerprint density at radius 2 is 1.80 bits per heavy atom. The second kappa shape index (κ2) is 14.1. The quantitative estimate of drug-likeness (QED) is 0.102. The van der Waals surface area contributed by atoms with Crippen LogP contribution < -0.4 is 16.7 Å². The number of rotatable bonds is 14. The summed E-state index contributed by atoms with van der Waals surface area (Å²) in [6.45, 7) is -0.0943. The largest absolute Gasteiger partial charge is 0.529 e. The number of aliphatic hydroxyl groups is 2. The molecule has 18 heteroatoms. The summed E-state index contributed by atoms with van der Waals surface area (Å²) >= 11 is 0. The molecule has 7 N–H and O–H groups in total. The van der Waals surface area contributed by atoms with Gasteiger partial charge in [-0.3, -0.25) is 14.0 Å². The predicted octanol–water partition coefficient (Wildman–Crippen LogP) is 0.620. The molecule has 2 aromatic carbocycles. The minimum Gasteiger partial charge on any atom is -0.479 e. The number of anilines is 2. The number of methoxy groups -OCH3 is 1. The van der Waals surface area contributed by atoms with E-state index in [4.69, 9.17) is 29.0 Å². The summed E-state index contributed by atoms with van der Waals surface area (Å²) in [6, 6.07) is 17.4. The van der Waals surface area contributed by atoms with Gasteiger partial charge >= 0.3 is 25.5 Å². The van der Waals surface area contributed by atoms with E-state index in [0.29, 0.717) is 5.56 Å². The molecule has 7 atom stereocenters. The van der Waals surface area contributed by atoms with Crippen LogP contribution in [0.5, 0.6) is 0 Å². The third kappa shape index (κ3) is 7.60. The highest BCUT2D eigenvalue weighted by Crippen LogP contribution is 2.47. The Morgan fingerprint density at radius 3 is 2.39 bits per heavy atom. The van der Waals surface area contributed by atoms with Crippen molar-refractivity contribution in [3.63, 3.8) is 0 Å². The highest BCUT2D eigenvalue weighted by Gasteiger charge is 2.57. The van der Waals surface area contributed by atoms with E-state index >= 15 is 0 Å². The van der Waals surface area contributed by atoms with Gasteiger partial charge in [-0.25, -0.2) is 18.9 Å². The summed E-state index contributed by atoms with van der Waals surface area (Å²) < 4.78 is 40.0. The van der Waals surface area contributed by atoms with Gasteiger partial charge in [0.1, 0.15) is 23.6 Å². The summed E-state index contributed by atoms with van der Waals surface area (Å²) in [7, 11) is -4.47. The van der Waals surface area contributed by atoms with Crippen LogP contribution in [0.4, 0.5) is 11.5 Å². The number of nitrogens with zero attached hydrogens (tertiary/aromatic N) is 2. The monoisotopic (exact) mass is 664 g/mol. The number of carbonyl (C=O) groups excluding carboxylic acids is 1. The zero-order valence-electron chi connectivity index (χ0n) is 24.5. The lowest BCUT2D eigenvalue weighted by Crippen LogP contribution is -2.61. The predicted molar refractivity (Wildman–Crippen MR) is 158 cm³/mol. The SMILES string of the molecule is CO[C@@](Nc1ccccc1)(C(=O)OP(=O)(O)OC[C@H]1O[C@@H](n2ccc(N)nc2=O)[C@](C)(O)[C@@H]1O)C(OCc1ccccc1)C(=O)O. The summed E-state index contributed by atoms with van der Waals surface area (Å²) in [6.07, 6.45) is -5.81. The molecule has 2 unspecified atom stereocenters. The van der Waals surface area contributed by atoms with Crippen LogP contribution in [-0.2, 0) is 44.0 Å². The van der Waals surface area contributed by atoms with E-state index in [2.05, 4.69) is 10.3 Å². The Hall–Kier alpha value is -4.19. The number of aliphatic hydroxyl groups excluding tert-OH is 1. The fourth-order valence-electron chi connectivity index (χ4n) is 4.67. The first-order valence-corrected chi connectivity index (χ1v) is 15.1. The molecular weight excluding hydrogens is 631 g/mol. The normalized spacial score (nSPS) is 24.3. The number of phosphoric acid groups is 1. The van der Waals surface area contributed by atoms with Gasteiger partial charge in [-0.2, -0.15) is 4.98 Å². The number of aliphatic carboxylic acids is 1. The van der Waals surface area contributed by atoms with Crippen molar-refractivity contribution in [2.45, 2.75) is 49.4 Å². The van der Waals surface area contributed by atoms with Gasteiger partial charge in [-0.15, -0.1) is 0 Å². The molecule has 0 spiro atoms. The number of hydrogen-bond acceptors (Lipinski definition) is 14. The Balaban J connectivity index is 1.55. The maximum atomic E-state index is 13.6. The fraction of sp³-hybridized carbons (Fsp3) is 0.357. The number of carbonyl (C=O) groups is 2. The number of carboxylic acids is 1. The maximum absolute atomic E-state index is 13.6. The highest BCUT2D eigenvalue weighted by atomic mass is 31.2. The minimum absolute atomic E-state index is 0.105. The first-order valence-electron chi connectivity index (χ1n) is 13.6. The van der Waals surface area contributed by atoms with E-state index in [9.17, 15) is 39.2 Å². The zero-order valence-corrected chi connectivity index (χ0v) is 25.4. The second-order valence-electron chi connectivity index (χ2n) is 10.3. The molecule has 0 radical (unpaired) electrons. The van der Waals surface area contributed by atoms with E-state index in [-0.39, 0.29) is 18.1 Å². The molecule has 1 saturated heterocycles. The van der Waals surface area contributed by atoms with Gasteiger partial charge in [0.05, 0.1) is 13.2 Å². The van der Waals surface area contributed by atoms with Crippen molar-refractivity contribution in [1.82, 2.24) is 9.55 Å². The topological polar surface area (TPSA) is 251 Å². The lowest BCUT2D eigenvalue weighted by molar-refractivity contribution is -0.190. The minimum atomic E-state index is -5.43. The summed E-state index contributed by atoms with van der Waals surface area (Å²) in [4.78, 5) is 52.4. The van der Waals surface area contributed by atoms with Crippen molar-refractivity contribution in [3.05, 3.63) is 89.0 Å². The maximum Gasteiger partial charge on any atom is 0.529 e. The molecule has 1 aliphatic rings. The number of nitrogen functional groups attached to an aromatic ring is 1. The van der Waals surface area contributed by atoms with Gasteiger partial charge in [0.25, 0.3) is 5.72 Å². The Morgan fingerprint density at radius 1 is 1.17 bits per heavy atom. The molecule has 1 aliphatic heterocycles. The third-order valence-corrected chi connectivity index (χ3v) is 7.91. The summed E-state index contributed by atoms with van der Waals surface area (Å²) in [5.74, 6) is -3.50. The van der Waals surface area contributed by atoms with Crippen LogP contribution in [-0.4, -0.2) is 85.1 Å². The Bertz CT molecular complexity index is 1620. The third-order valence-electron chi connectivity index (χ3n) is 7.04. The lowest BCUT2D eigenvalue weighted by Gasteiger charge is -2.36. The van der Waals surface area contributed by atoms with Crippen LogP contribution in [0.1, 0.15) is 18.7 Å². The molecule has 4 rings (SSSR count). The molecular formula is C28H33N4O13P. The molecule has 1 aromatic heterocycles. The number of phosphoric ester groups is 1. The number of carboxylic acid groups (broad SMARTS) is 1. The first-order chi connectivity index (χ1) is 21.7. The molecule has 0 aliphatic carbocycles. The van der Waals surface area contributed by atoms with E-state index in [1.807, 2.05) is 0 Å². The molecule has 0 bridgehead atoms. The van der Waals surface area contributed by atoms with E-state index < -0.39 is 67.9 Å². The van der Waals surface area contributed by atoms with Gasteiger partial charge in [0.2, 0.25) is 6.10 Å². The van der Waals surface area contributed by atoms with Gasteiger partial charge in [-0.05, 0) is 30.7 Å². The highest BCUT2D eigenvalue weighted by molar-refractivity contribution is 7.48. The first kappa shape index (κ1) is 34.7. The van der Waals surface area contributed by atoms with Gasteiger partial charge in [0, 0.05) is 19.0 Å².